The number of para-hydroxylation sites is 1. The van der Waals surface area contributed by atoms with Crippen molar-refractivity contribution in [2.75, 3.05) is 11.9 Å². The number of carbonyl (C=O) groups excluding carboxylic acids is 2. The van der Waals surface area contributed by atoms with Gasteiger partial charge in [0.05, 0.1) is 23.6 Å². The number of hydrogen-bond donors (Lipinski definition) is 1. The van der Waals surface area contributed by atoms with E-state index in [9.17, 15) is 14.4 Å². The Morgan fingerprint density at radius 2 is 1.71 bits per heavy atom. The Morgan fingerprint density at radius 3 is 2.35 bits per heavy atom. The monoisotopic (exact) mass is 465 g/mol. The van der Waals surface area contributed by atoms with Crippen LogP contribution < -0.4 is 15.6 Å². The first kappa shape index (κ1) is 24.8. The Balaban J connectivity index is 1.63. The van der Waals surface area contributed by atoms with Crippen molar-refractivity contribution in [2.45, 2.75) is 46.1 Å². The second-order valence-corrected chi connectivity index (χ2v) is 8.05. The summed E-state index contributed by atoms with van der Waals surface area (Å²) in [7, 11) is 1.74. The van der Waals surface area contributed by atoms with Crippen molar-refractivity contribution in [3.63, 3.8) is 0 Å². The predicted octanol–water partition coefficient (Wildman–Crippen LogP) is 4.24. The molecule has 0 spiro atoms. The maximum Gasteiger partial charge on any atom is 0.338 e. The van der Waals surface area contributed by atoms with E-state index in [1.54, 1.807) is 55.1 Å². The van der Waals surface area contributed by atoms with Gasteiger partial charge in [-0.3, -0.25) is 14.3 Å². The van der Waals surface area contributed by atoms with Gasteiger partial charge in [0.1, 0.15) is 11.4 Å². The first-order valence-electron chi connectivity index (χ1n) is 11.4. The van der Waals surface area contributed by atoms with Gasteiger partial charge in [-0.25, -0.2) is 9.48 Å². The van der Waals surface area contributed by atoms with Crippen molar-refractivity contribution in [3.05, 3.63) is 76.2 Å². The van der Waals surface area contributed by atoms with Crippen LogP contribution in [0.4, 0.5) is 5.69 Å². The summed E-state index contributed by atoms with van der Waals surface area (Å²) in [6, 6.07) is 15.7. The number of hydrogen-bond acceptors (Lipinski definition) is 5. The quantitative estimate of drug-likeness (QED) is 0.357. The number of anilines is 1. The largest absolute Gasteiger partial charge is 0.494 e. The van der Waals surface area contributed by atoms with Gasteiger partial charge < -0.3 is 14.8 Å². The van der Waals surface area contributed by atoms with Crippen LogP contribution in [0.5, 0.6) is 5.75 Å². The van der Waals surface area contributed by atoms with E-state index in [1.165, 1.54) is 11.6 Å². The van der Waals surface area contributed by atoms with Crippen LogP contribution in [0, 0.1) is 6.92 Å². The lowest BCUT2D eigenvalue weighted by molar-refractivity contribution is -0.123. The smallest absolute Gasteiger partial charge is 0.338 e. The summed E-state index contributed by atoms with van der Waals surface area (Å²) in [6.45, 7) is 5.95. The highest BCUT2D eigenvalue weighted by Crippen LogP contribution is 2.16. The molecule has 0 bridgehead atoms. The molecule has 0 aliphatic rings. The summed E-state index contributed by atoms with van der Waals surface area (Å²) < 4.78 is 14.1. The number of esters is 1. The van der Waals surface area contributed by atoms with Gasteiger partial charge in [-0.15, -0.1) is 0 Å². The lowest BCUT2D eigenvalue weighted by Gasteiger charge is -2.13. The highest BCUT2D eigenvalue weighted by molar-refractivity contribution is 5.97. The zero-order chi connectivity index (χ0) is 24.7. The molecule has 8 nitrogen and oxygen atoms in total. The highest BCUT2D eigenvalue weighted by atomic mass is 16.5. The first-order chi connectivity index (χ1) is 16.3. The molecule has 34 heavy (non-hydrogen) atoms. The molecule has 1 aromatic heterocycles. The molecule has 3 rings (SSSR count). The zero-order valence-electron chi connectivity index (χ0n) is 20.0. The minimum atomic E-state index is -1.10. The molecule has 0 saturated heterocycles. The third-order valence-electron chi connectivity index (χ3n) is 5.56. The Bertz CT molecular complexity index is 1180. The van der Waals surface area contributed by atoms with Crippen LogP contribution in [0.1, 0.15) is 49.2 Å². The van der Waals surface area contributed by atoms with Crippen molar-refractivity contribution >= 4 is 17.6 Å². The molecule has 1 unspecified atom stereocenters. The Morgan fingerprint density at radius 1 is 1.03 bits per heavy atom. The number of unbranched alkanes of at least 4 members (excludes halogenated alkanes) is 2. The average molecular weight is 466 g/mol. The van der Waals surface area contributed by atoms with Crippen molar-refractivity contribution in [3.8, 4) is 11.4 Å². The molecule has 3 aromatic rings. The number of rotatable bonds is 10. The molecule has 2 aromatic carbocycles. The molecular formula is C26H31N3O5. The number of nitrogens with zero attached hydrogens (tertiary/aromatic N) is 2. The van der Waals surface area contributed by atoms with Crippen LogP contribution in [0.25, 0.3) is 5.69 Å². The molecule has 1 heterocycles. The standard InChI is InChI=1S/C26H31N3O5/c1-5-6-10-17-33-22-15-13-20(14-16-22)26(32)34-19(3)24(30)27-23-18(2)28(4)29(25(23)31)21-11-8-7-9-12-21/h7-9,11-16,19H,5-6,10,17H2,1-4H3,(H,27,30). The summed E-state index contributed by atoms with van der Waals surface area (Å²) in [5.41, 5.74) is 1.34. The summed E-state index contributed by atoms with van der Waals surface area (Å²) in [6.07, 6.45) is 2.10. The topological polar surface area (TPSA) is 91.6 Å². The van der Waals surface area contributed by atoms with Crippen LogP contribution in [0.2, 0.25) is 0 Å². The third kappa shape index (κ3) is 5.75. The van der Waals surface area contributed by atoms with Crippen molar-refractivity contribution in [1.82, 2.24) is 9.36 Å². The van der Waals surface area contributed by atoms with E-state index in [2.05, 4.69) is 12.2 Å². The molecule has 180 valence electrons. The van der Waals surface area contributed by atoms with E-state index in [1.807, 2.05) is 18.2 Å². The Kier molecular flexibility index (Phi) is 8.29. The number of aromatic nitrogens is 2. The predicted molar refractivity (Wildman–Crippen MR) is 131 cm³/mol. The van der Waals surface area contributed by atoms with Gasteiger partial charge in [-0.05, 0) is 56.7 Å². The first-order valence-corrected chi connectivity index (χ1v) is 11.4. The van der Waals surface area contributed by atoms with Gasteiger partial charge in [0.2, 0.25) is 0 Å². The van der Waals surface area contributed by atoms with Crippen molar-refractivity contribution in [1.29, 1.82) is 0 Å². The molecule has 0 radical (unpaired) electrons. The number of carbonyl (C=O) groups is 2. The van der Waals surface area contributed by atoms with Crippen LogP contribution in [-0.4, -0.2) is 34.0 Å². The number of amides is 1. The molecule has 8 heteroatoms. The number of nitrogens with one attached hydrogen (secondary N) is 1. The molecule has 0 aliphatic heterocycles. The second-order valence-electron chi connectivity index (χ2n) is 8.05. The van der Waals surface area contributed by atoms with E-state index < -0.39 is 18.0 Å². The van der Waals surface area contributed by atoms with E-state index >= 15 is 0 Å². The summed E-state index contributed by atoms with van der Waals surface area (Å²) in [4.78, 5) is 38.2. The summed E-state index contributed by atoms with van der Waals surface area (Å²) in [5.74, 6) is -0.547. The summed E-state index contributed by atoms with van der Waals surface area (Å²) >= 11 is 0. The van der Waals surface area contributed by atoms with E-state index in [-0.39, 0.29) is 11.2 Å². The maximum absolute atomic E-state index is 13.0. The SMILES string of the molecule is CCCCCOc1ccc(C(=O)OC(C)C(=O)Nc2c(C)n(C)n(-c3ccccc3)c2=O)cc1. The van der Waals surface area contributed by atoms with E-state index in [4.69, 9.17) is 9.47 Å². The fourth-order valence-electron chi connectivity index (χ4n) is 3.45. The minimum absolute atomic E-state index is 0.142. The maximum atomic E-state index is 13.0. The van der Waals surface area contributed by atoms with Gasteiger partial charge in [-0.1, -0.05) is 38.0 Å². The number of ether oxygens (including phenoxy) is 2. The minimum Gasteiger partial charge on any atom is -0.494 e. The van der Waals surface area contributed by atoms with Crippen LogP contribution >= 0.6 is 0 Å². The van der Waals surface area contributed by atoms with Gasteiger partial charge >= 0.3 is 5.97 Å². The second kappa shape index (κ2) is 11.4. The van der Waals surface area contributed by atoms with Crippen LogP contribution in [0.3, 0.4) is 0 Å². The highest BCUT2D eigenvalue weighted by Gasteiger charge is 2.23. The summed E-state index contributed by atoms with van der Waals surface area (Å²) in [5, 5.41) is 2.62. The molecule has 1 atom stereocenters. The molecule has 0 aliphatic carbocycles. The molecule has 1 N–H and O–H groups in total. The fourth-order valence-corrected chi connectivity index (χ4v) is 3.45. The van der Waals surface area contributed by atoms with Gasteiger partial charge in [-0.2, -0.15) is 0 Å². The zero-order valence-corrected chi connectivity index (χ0v) is 20.0. The van der Waals surface area contributed by atoms with Crippen molar-refractivity contribution < 1.29 is 19.1 Å². The van der Waals surface area contributed by atoms with E-state index in [0.717, 1.165) is 19.3 Å². The van der Waals surface area contributed by atoms with E-state index in [0.29, 0.717) is 29.3 Å². The fraction of sp³-hybridized carbons (Fsp3) is 0.346. The molecule has 0 saturated carbocycles. The Labute approximate surface area is 199 Å². The van der Waals surface area contributed by atoms with Gasteiger partial charge in [0, 0.05) is 7.05 Å². The van der Waals surface area contributed by atoms with Gasteiger partial charge in [0.25, 0.3) is 11.5 Å². The lowest BCUT2D eigenvalue weighted by atomic mass is 10.2. The van der Waals surface area contributed by atoms with Crippen LogP contribution in [-0.2, 0) is 16.6 Å². The third-order valence-corrected chi connectivity index (χ3v) is 5.56. The molecular weight excluding hydrogens is 434 g/mol. The van der Waals surface area contributed by atoms with Gasteiger partial charge in [0.15, 0.2) is 6.10 Å². The average Bonchev–Trinajstić information content (AvgIpc) is 3.05. The Hall–Kier alpha value is -3.81. The normalized spacial score (nSPS) is 11.6. The number of benzene rings is 2. The lowest BCUT2D eigenvalue weighted by Crippen LogP contribution is -2.32. The van der Waals surface area contributed by atoms with Crippen LogP contribution in [0.15, 0.2) is 59.4 Å². The van der Waals surface area contributed by atoms with Crippen molar-refractivity contribution in [2.24, 2.45) is 7.05 Å². The molecule has 1 amide bonds. The molecule has 0 fully saturated rings.